The van der Waals surface area contributed by atoms with E-state index in [0.29, 0.717) is 0 Å². The first kappa shape index (κ1) is 17.0. The van der Waals surface area contributed by atoms with Crippen LogP contribution in [-0.4, -0.2) is 0 Å². The molecule has 0 unspecified atom stereocenters. The molecule has 1 rings (SSSR count). The van der Waals surface area contributed by atoms with Crippen molar-refractivity contribution in [3.63, 3.8) is 0 Å². The average Bonchev–Trinajstić information content (AvgIpc) is 2.42. The Labute approximate surface area is 129 Å². The van der Waals surface area contributed by atoms with Crippen LogP contribution in [-0.2, 0) is 0 Å². The van der Waals surface area contributed by atoms with Gasteiger partial charge in [-0.3, -0.25) is 0 Å². The summed E-state index contributed by atoms with van der Waals surface area (Å²) in [5.41, 5.74) is 4.96. The summed E-state index contributed by atoms with van der Waals surface area (Å²) in [6.07, 6.45) is 22.1. The standard InChI is InChI=1S/C20H27N/c1-5-7-10-14-17(3)19-15-11-8-9-12-16-20(19)21-18(4)13-6-2/h5-7,9,11-15,21H,2,8,10,16H2,1,3-4H3/b7-5-,12-9-,15-11?,17-14+,18-13+,20-19-. The Morgan fingerprint density at radius 2 is 2.10 bits per heavy atom. The van der Waals surface area contributed by atoms with Crippen LogP contribution in [0.15, 0.2) is 83.8 Å². The highest BCUT2D eigenvalue weighted by atomic mass is 14.9. The third kappa shape index (κ3) is 6.31. The summed E-state index contributed by atoms with van der Waals surface area (Å²) in [5.74, 6) is 0. The maximum atomic E-state index is 3.75. The van der Waals surface area contributed by atoms with E-state index in [1.807, 2.05) is 12.2 Å². The molecule has 1 N–H and O–H groups in total. The zero-order valence-corrected chi connectivity index (χ0v) is 13.5. The van der Waals surface area contributed by atoms with Gasteiger partial charge in [0.2, 0.25) is 0 Å². The highest BCUT2D eigenvalue weighted by Crippen LogP contribution is 2.21. The zero-order chi connectivity index (χ0) is 15.5. The maximum absolute atomic E-state index is 3.75. The highest BCUT2D eigenvalue weighted by Gasteiger charge is 2.07. The fourth-order valence-electron chi connectivity index (χ4n) is 2.21. The predicted octanol–water partition coefficient (Wildman–Crippen LogP) is 5.74. The molecule has 1 nitrogen and oxygen atoms in total. The maximum Gasteiger partial charge on any atom is 0.0262 e. The van der Waals surface area contributed by atoms with Gasteiger partial charge in [0.1, 0.15) is 0 Å². The summed E-state index contributed by atoms with van der Waals surface area (Å²) in [6, 6.07) is 0. The van der Waals surface area contributed by atoms with E-state index in [0.717, 1.165) is 25.0 Å². The van der Waals surface area contributed by atoms with E-state index < -0.39 is 0 Å². The van der Waals surface area contributed by atoms with E-state index in [-0.39, 0.29) is 0 Å². The average molecular weight is 281 g/mol. The third-order valence-corrected chi connectivity index (χ3v) is 3.31. The monoisotopic (exact) mass is 281 g/mol. The van der Waals surface area contributed by atoms with Crippen LogP contribution in [0, 0.1) is 0 Å². The molecule has 0 aromatic carbocycles. The van der Waals surface area contributed by atoms with Crippen LogP contribution in [0.25, 0.3) is 0 Å². The molecule has 0 spiro atoms. The Bertz CT molecular complexity index is 522. The number of rotatable bonds is 6. The molecular formula is C20H27N. The third-order valence-electron chi connectivity index (χ3n) is 3.31. The van der Waals surface area contributed by atoms with Crippen molar-refractivity contribution in [3.8, 4) is 0 Å². The van der Waals surface area contributed by atoms with Crippen LogP contribution in [0.2, 0.25) is 0 Å². The van der Waals surface area contributed by atoms with Gasteiger partial charge >= 0.3 is 0 Å². The lowest BCUT2D eigenvalue weighted by atomic mass is 9.99. The van der Waals surface area contributed by atoms with E-state index in [1.54, 1.807) is 0 Å². The Morgan fingerprint density at radius 1 is 1.29 bits per heavy atom. The van der Waals surface area contributed by atoms with Crippen LogP contribution < -0.4 is 5.32 Å². The van der Waals surface area contributed by atoms with E-state index in [1.165, 1.54) is 16.8 Å². The molecule has 0 radical (unpaired) electrons. The number of allylic oxidation sites excluding steroid dienone is 12. The largest absolute Gasteiger partial charge is 0.362 e. The van der Waals surface area contributed by atoms with Crippen LogP contribution in [0.3, 0.4) is 0 Å². The van der Waals surface area contributed by atoms with Gasteiger partial charge in [0.15, 0.2) is 0 Å². The topological polar surface area (TPSA) is 12.0 Å². The molecule has 0 aliphatic heterocycles. The van der Waals surface area contributed by atoms with Gasteiger partial charge in [-0.25, -0.2) is 0 Å². The molecule has 1 aliphatic carbocycles. The molecule has 0 heterocycles. The summed E-state index contributed by atoms with van der Waals surface area (Å²) in [4.78, 5) is 0. The second kappa shape index (κ2) is 9.82. The lowest BCUT2D eigenvalue weighted by Crippen LogP contribution is -2.13. The molecular weight excluding hydrogens is 254 g/mol. The van der Waals surface area contributed by atoms with Crippen molar-refractivity contribution in [2.24, 2.45) is 0 Å². The Hall–Kier alpha value is -2.02. The molecule has 112 valence electrons. The summed E-state index contributed by atoms with van der Waals surface area (Å²) in [7, 11) is 0. The van der Waals surface area contributed by atoms with Gasteiger partial charge in [-0.1, -0.05) is 55.2 Å². The number of hydrogen-bond acceptors (Lipinski definition) is 1. The summed E-state index contributed by atoms with van der Waals surface area (Å²) in [5, 5.41) is 3.52. The van der Waals surface area contributed by atoms with Gasteiger partial charge in [0.05, 0.1) is 0 Å². The smallest absolute Gasteiger partial charge is 0.0262 e. The van der Waals surface area contributed by atoms with Crippen LogP contribution in [0.4, 0.5) is 0 Å². The van der Waals surface area contributed by atoms with Gasteiger partial charge in [0.25, 0.3) is 0 Å². The van der Waals surface area contributed by atoms with Gasteiger partial charge in [-0.15, -0.1) is 0 Å². The van der Waals surface area contributed by atoms with Crippen molar-refractivity contribution >= 4 is 0 Å². The molecule has 21 heavy (non-hydrogen) atoms. The van der Waals surface area contributed by atoms with Crippen molar-refractivity contribution in [1.82, 2.24) is 5.32 Å². The molecule has 0 saturated carbocycles. The second-order valence-electron chi connectivity index (χ2n) is 5.11. The van der Waals surface area contributed by atoms with Gasteiger partial charge < -0.3 is 5.32 Å². The van der Waals surface area contributed by atoms with Gasteiger partial charge in [-0.2, -0.15) is 0 Å². The molecule has 1 aliphatic rings. The molecule has 0 aromatic rings. The van der Waals surface area contributed by atoms with Gasteiger partial charge in [-0.05, 0) is 50.8 Å². The first-order valence-electron chi connectivity index (χ1n) is 7.58. The number of nitrogens with one attached hydrogen (secondary N) is 1. The fraction of sp³-hybridized carbons (Fsp3) is 0.300. The first-order valence-corrected chi connectivity index (χ1v) is 7.58. The molecule has 0 bridgehead atoms. The SMILES string of the molecule is C=C/C=C(\C)N/C1=C(\C(C)=C\C/C=C\C)C=CC/C=C\C1. The van der Waals surface area contributed by atoms with Crippen LogP contribution in [0.5, 0.6) is 0 Å². The van der Waals surface area contributed by atoms with Crippen molar-refractivity contribution in [3.05, 3.63) is 83.8 Å². The van der Waals surface area contributed by atoms with E-state index >= 15 is 0 Å². The van der Waals surface area contributed by atoms with Crippen LogP contribution in [0.1, 0.15) is 40.0 Å². The fourth-order valence-corrected chi connectivity index (χ4v) is 2.21. The quantitative estimate of drug-likeness (QED) is 0.483. The molecule has 0 atom stereocenters. The molecule has 0 amide bonds. The summed E-state index contributed by atoms with van der Waals surface area (Å²) in [6.45, 7) is 10.1. The minimum absolute atomic E-state index is 0.927. The van der Waals surface area contributed by atoms with Crippen LogP contribution >= 0.6 is 0 Å². The predicted molar refractivity (Wildman–Crippen MR) is 94.8 cm³/mol. The zero-order valence-electron chi connectivity index (χ0n) is 13.5. The Balaban J connectivity index is 3.11. The van der Waals surface area contributed by atoms with Crippen molar-refractivity contribution in [1.29, 1.82) is 0 Å². The molecule has 0 saturated heterocycles. The molecule has 0 fully saturated rings. The summed E-state index contributed by atoms with van der Waals surface area (Å²) >= 11 is 0. The Kier molecular flexibility index (Phi) is 7.96. The van der Waals surface area contributed by atoms with Crippen molar-refractivity contribution in [2.75, 3.05) is 0 Å². The molecule has 1 heteroatoms. The van der Waals surface area contributed by atoms with Crippen molar-refractivity contribution < 1.29 is 0 Å². The highest BCUT2D eigenvalue weighted by molar-refractivity contribution is 5.44. The number of hydrogen-bond donors (Lipinski definition) is 1. The normalized spacial score (nSPS) is 22.0. The molecule has 0 aromatic heterocycles. The lowest BCUT2D eigenvalue weighted by molar-refractivity contribution is 0.905. The Morgan fingerprint density at radius 3 is 2.81 bits per heavy atom. The lowest BCUT2D eigenvalue weighted by Gasteiger charge is -2.16. The van der Waals surface area contributed by atoms with E-state index in [9.17, 15) is 0 Å². The summed E-state index contributed by atoms with van der Waals surface area (Å²) < 4.78 is 0. The van der Waals surface area contributed by atoms with E-state index in [2.05, 4.69) is 75.2 Å². The minimum atomic E-state index is 0.927. The first-order chi connectivity index (χ1) is 10.2. The van der Waals surface area contributed by atoms with E-state index in [4.69, 9.17) is 0 Å². The van der Waals surface area contributed by atoms with Gasteiger partial charge in [0, 0.05) is 17.8 Å². The van der Waals surface area contributed by atoms with Crippen molar-refractivity contribution in [2.45, 2.75) is 40.0 Å². The minimum Gasteiger partial charge on any atom is -0.362 e. The second-order valence-corrected chi connectivity index (χ2v) is 5.11.